The van der Waals surface area contributed by atoms with E-state index in [0.29, 0.717) is 16.1 Å². The highest BCUT2D eigenvalue weighted by Gasteiger charge is 2.12. The second-order valence-corrected chi connectivity index (χ2v) is 4.83. The number of nitrogens with one attached hydrogen (secondary N) is 2. The van der Waals surface area contributed by atoms with Crippen molar-refractivity contribution in [2.75, 3.05) is 17.2 Å². The average Bonchev–Trinajstić information content (AvgIpc) is 2.44. The molecule has 1 heterocycles. The Morgan fingerprint density at radius 3 is 2.70 bits per heavy atom. The Morgan fingerprint density at radius 2 is 1.95 bits per heavy atom. The molecule has 0 bridgehead atoms. The lowest BCUT2D eigenvalue weighted by Gasteiger charge is -2.11. The van der Waals surface area contributed by atoms with Crippen LogP contribution in [-0.2, 0) is 0 Å². The maximum absolute atomic E-state index is 13.6. The molecule has 0 amide bonds. The fourth-order valence-corrected chi connectivity index (χ4v) is 2.00. The van der Waals surface area contributed by atoms with Crippen molar-refractivity contribution in [2.24, 2.45) is 0 Å². The Kier molecular flexibility index (Phi) is 4.84. The molecule has 7 heteroatoms. The predicted octanol–water partition coefficient (Wildman–Crippen LogP) is 4.08. The highest BCUT2D eigenvalue weighted by atomic mass is 79.9. The van der Waals surface area contributed by atoms with Crippen LogP contribution in [0.1, 0.15) is 13.3 Å². The van der Waals surface area contributed by atoms with Gasteiger partial charge in [-0.25, -0.2) is 18.7 Å². The summed E-state index contributed by atoms with van der Waals surface area (Å²) >= 11 is 3.35. The van der Waals surface area contributed by atoms with Gasteiger partial charge in [0.05, 0.1) is 5.69 Å². The molecule has 0 saturated heterocycles. The van der Waals surface area contributed by atoms with Crippen LogP contribution in [0.5, 0.6) is 0 Å². The van der Waals surface area contributed by atoms with Gasteiger partial charge >= 0.3 is 0 Å². The minimum Gasteiger partial charge on any atom is -0.369 e. The summed E-state index contributed by atoms with van der Waals surface area (Å²) in [6.45, 7) is 2.78. The number of hydrogen-bond acceptors (Lipinski definition) is 4. The molecular formula is C13H13BrF2N4. The largest absolute Gasteiger partial charge is 0.369 e. The summed E-state index contributed by atoms with van der Waals surface area (Å²) in [5.74, 6) is -0.894. The molecule has 0 aliphatic heterocycles. The minimum absolute atomic E-state index is 0.0193. The van der Waals surface area contributed by atoms with Crippen molar-refractivity contribution in [3.63, 3.8) is 0 Å². The van der Waals surface area contributed by atoms with E-state index in [4.69, 9.17) is 0 Å². The van der Waals surface area contributed by atoms with Crippen LogP contribution in [0.25, 0.3) is 0 Å². The number of nitrogens with zero attached hydrogens (tertiary/aromatic N) is 2. The third-order valence-corrected chi connectivity index (χ3v) is 3.29. The van der Waals surface area contributed by atoms with Crippen molar-refractivity contribution in [2.45, 2.75) is 13.3 Å². The molecule has 0 spiro atoms. The number of aromatic nitrogens is 2. The molecule has 20 heavy (non-hydrogen) atoms. The van der Waals surface area contributed by atoms with Gasteiger partial charge in [-0.15, -0.1) is 0 Å². The van der Waals surface area contributed by atoms with E-state index in [1.165, 1.54) is 18.5 Å². The molecule has 0 unspecified atom stereocenters. The molecule has 0 aliphatic rings. The molecule has 1 aromatic heterocycles. The van der Waals surface area contributed by atoms with Gasteiger partial charge in [0.2, 0.25) is 0 Å². The third kappa shape index (κ3) is 3.22. The van der Waals surface area contributed by atoms with E-state index >= 15 is 0 Å². The molecule has 0 fully saturated rings. The summed E-state index contributed by atoms with van der Waals surface area (Å²) in [6, 6.07) is 3.92. The zero-order valence-electron chi connectivity index (χ0n) is 10.8. The molecule has 1 aromatic carbocycles. The molecule has 106 valence electrons. The van der Waals surface area contributed by atoms with Gasteiger partial charge < -0.3 is 10.6 Å². The first-order chi connectivity index (χ1) is 9.63. The molecule has 2 rings (SSSR count). The van der Waals surface area contributed by atoms with E-state index in [0.717, 1.165) is 19.0 Å². The molecule has 0 radical (unpaired) electrons. The number of anilines is 3. The molecule has 2 N–H and O–H groups in total. The van der Waals surface area contributed by atoms with Gasteiger partial charge in [0.15, 0.2) is 11.6 Å². The summed E-state index contributed by atoms with van der Waals surface area (Å²) in [6.07, 6.45) is 2.29. The van der Waals surface area contributed by atoms with Gasteiger partial charge in [0.1, 0.15) is 22.4 Å². The standard InChI is InChI=1S/C13H13BrF2N4/c1-2-6-17-12-10(14)13(19-7-18-12)20-9-5-3-4-8(15)11(9)16/h3-5,7H,2,6H2,1H3,(H2,17,18,19,20). The van der Waals surface area contributed by atoms with E-state index in [2.05, 4.69) is 36.5 Å². The van der Waals surface area contributed by atoms with Crippen LogP contribution in [-0.4, -0.2) is 16.5 Å². The average molecular weight is 343 g/mol. The molecule has 0 saturated carbocycles. The zero-order chi connectivity index (χ0) is 14.5. The van der Waals surface area contributed by atoms with Gasteiger partial charge in [-0.1, -0.05) is 13.0 Å². The van der Waals surface area contributed by atoms with Crippen LogP contribution in [0.15, 0.2) is 29.0 Å². The van der Waals surface area contributed by atoms with Crippen molar-refractivity contribution < 1.29 is 8.78 Å². The lowest BCUT2D eigenvalue weighted by molar-refractivity contribution is 0.511. The Balaban J connectivity index is 2.27. The van der Waals surface area contributed by atoms with Gasteiger partial charge in [0.25, 0.3) is 0 Å². The quantitative estimate of drug-likeness (QED) is 0.859. The molecular weight excluding hydrogens is 330 g/mol. The Bertz CT molecular complexity index is 607. The topological polar surface area (TPSA) is 49.8 Å². The summed E-state index contributed by atoms with van der Waals surface area (Å²) in [7, 11) is 0. The van der Waals surface area contributed by atoms with Crippen molar-refractivity contribution in [3.8, 4) is 0 Å². The van der Waals surface area contributed by atoms with Crippen LogP contribution >= 0.6 is 15.9 Å². The van der Waals surface area contributed by atoms with Gasteiger partial charge in [0, 0.05) is 6.54 Å². The predicted molar refractivity (Wildman–Crippen MR) is 78.2 cm³/mol. The fourth-order valence-electron chi connectivity index (χ4n) is 1.55. The normalized spacial score (nSPS) is 10.4. The summed E-state index contributed by atoms with van der Waals surface area (Å²) in [4.78, 5) is 8.10. The van der Waals surface area contributed by atoms with Crippen molar-refractivity contribution in [1.29, 1.82) is 0 Å². The maximum Gasteiger partial charge on any atom is 0.182 e. The highest BCUT2D eigenvalue weighted by Crippen LogP contribution is 2.30. The van der Waals surface area contributed by atoms with E-state index in [1.54, 1.807) is 0 Å². The lowest BCUT2D eigenvalue weighted by Crippen LogP contribution is -2.06. The van der Waals surface area contributed by atoms with Crippen molar-refractivity contribution in [1.82, 2.24) is 9.97 Å². The monoisotopic (exact) mass is 342 g/mol. The second-order valence-electron chi connectivity index (χ2n) is 4.04. The molecule has 0 atom stereocenters. The van der Waals surface area contributed by atoms with Crippen LogP contribution in [0.3, 0.4) is 0 Å². The van der Waals surface area contributed by atoms with Crippen LogP contribution in [0, 0.1) is 11.6 Å². The van der Waals surface area contributed by atoms with Crippen LogP contribution in [0.2, 0.25) is 0 Å². The maximum atomic E-state index is 13.6. The molecule has 2 aromatic rings. The first kappa shape index (κ1) is 14.6. The number of halogens is 3. The van der Waals surface area contributed by atoms with Crippen LogP contribution < -0.4 is 10.6 Å². The number of hydrogen-bond donors (Lipinski definition) is 2. The van der Waals surface area contributed by atoms with Gasteiger partial charge in [-0.05, 0) is 34.5 Å². The Hall–Kier alpha value is -1.76. The number of rotatable bonds is 5. The molecule has 4 nitrogen and oxygen atoms in total. The SMILES string of the molecule is CCCNc1ncnc(Nc2cccc(F)c2F)c1Br. The number of benzene rings is 1. The summed E-state index contributed by atoms with van der Waals surface area (Å²) in [5, 5.41) is 5.85. The first-order valence-electron chi connectivity index (χ1n) is 6.09. The fraction of sp³-hybridized carbons (Fsp3) is 0.231. The summed E-state index contributed by atoms with van der Waals surface area (Å²) < 4.78 is 27.3. The zero-order valence-corrected chi connectivity index (χ0v) is 12.3. The van der Waals surface area contributed by atoms with Gasteiger partial charge in [-0.2, -0.15) is 0 Å². The lowest BCUT2D eigenvalue weighted by atomic mass is 10.3. The van der Waals surface area contributed by atoms with E-state index in [9.17, 15) is 8.78 Å². The highest BCUT2D eigenvalue weighted by molar-refractivity contribution is 9.10. The third-order valence-electron chi connectivity index (χ3n) is 2.54. The Morgan fingerprint density at radius 1 is 1.20 bits per heavy atom. The van der Waals surface area contributed by atoms with Gasteiger partial charge in [-0.3, -0.25) is 0 Å². The van der Waals surface area contributed by atoms with Crippen molar-refractivity contribution >= 4 is 33.3 Å². The minimum atomic E-state index is -0.943. The smallest absolute Gasteiger partial charge is 0.182 e. The van der Waals surface area contributed by atoms with Crippen LogP contribution in [0.4, 0.5) is 26.1 Å². The summed E-state index contributed by atoms with van der Waals surface area (Å²) in [5.41, 5.74) is 0.0193. The van der Waals surface area contributed by atoms with E-state index in [1.807, 2.05) is 6.92 Å². The second kappa shape index (κ2) is 6.60. The van der Waals surface area contributed by atoms with E-state index < -0.39 is 11.6 Å². The Labute approximate surface area is 123 Å². The van der Waals surface area contributed by atoms with Crippen molar-refractivity contribution in [3.05, 3.63) is 40.6 Å². The molecule has 0 aliphatic carbocycles. The van der Waals surface area contributed by atoms with E-state index in [-0.39, 0.29) is 5.69 Å². The first-order valence-corrected chi connectivity index (χ1v) is 6.88.